The third kappa shape index (κ3) is 3.01. The summed E-state index contributed by atoms with van der Waals surface area (Å²) in [6.07, 6.45) is 0. The highest BCUT2D eigenvalue weighted by molar-refractivity contribution is 5.82. The Hall–Kier alpha value is -1.06. The Kier molecular flexibility index (Phi) is 4.10. The SMILES string of the molecule is CCN(C(C)=O)C(C(=O)O)C(C)(C)C. The molecule has 0 rings (SSSR count). The number of likely N-dealkylation sites (N-methyl/N-ethyl adjacent to an activating group) is 1. The minimum Gasteiger partial charge on any atom is -0.480 e. The largest absolute Gasteiger partial charge is 0.480 e. The fourth-order valence-corrected chi connectivity index (χ4v) is 1.56. The van der Waals surface area contributed by atoms with Crippen molar-refractivity contribution in [3.63, 3.8) is 0 Å². The molecule has 0 radical (unpaired) electrons. The summed E-state index contributed by atoms with van der Waals surface area (Å²) in [5.41, 5.74) is -0.451. The van der Waals surface area contributed by atoms with Gasteiger partial charge in [-0.1, -0.05) is 20.8 Å². The number of hydrogen-bond acceptors (Lipinski definition) is 2. The van der Waals surface area contributed by atoms with Gasteiger partial charge in [0.2, 0.25) is 5.91 Å². The quantitative estimate of drug-likeness (QED) is 0.750. The molecule has 0 aromatic heterocycles. The van der Waals surface area contributed by atoms with Gasteiger partial charge in [-0.15, -0.1) is 0 Å². The van der Waals surface area contributed by atoms with Crippen molar-refractivity contribution in [3.8, 4) is 0 Å². The van der Waals surface area contributed by atoms with Crippen molar-refractivity contribution in [1.82, 2.24) is 4.90 Å². The molecule has 1 N–H and O–H groups in total. The van der Waals surface area contributed by atoms with E-state index < -0.39 is 17.4 Å². The lowest BCUT2D eigenvalue weighted by molar-refractivity contribution is -0.154. The number of carboxylic acids is 1. The molecule has 0 aliphatic heterocycles. The maximum Gasteiger partial charge on any atom is 0.326 e. The number of rotatable bonds is 3. The van der Waals surface area contributed by atoms with Crippen LogP contribution in [-0.4, -0.2) is 34.5 Å². The summed E-state index contributed by atoms with van der Waals surface area (Å²) in [7, 11) is 0. The van der Waals surface area contributed by atoms with E-state index in [1.165, 1.54) is 11.8 Å². The molecule has 1 atom stereocenters. The zero-order valence-electron chi connectivity index (χ0n) is 9.50. The number of carbonyl (C=O) groups excluding carboxylic acids is 1. The normalized spacial score (nSPS) is 13.5. The summed E-state index contributed by atoms with van der Waals surface area (Å²) in [4.78, 5) is 23.7. The molecule has 0 aliphatic carbocycles. The number of carboxylic acid groups (broad SMARTS) is 1. The molecule has 0 fully saturated rings. The Morgan fingerprint density at radius 2 is 1.79 bits per heavy atom. The predicted octanol–water partition coefficient (Wildman–Crippen LogP) is 1.35. The van der Waals surface area contributed by atoms with Crippen molar-refractivity contribution in [2.75, 3.05) is 6.54 Å². The van der Waals surface area contributed by atoms with Crippen LogP contribution in [0.5, 0.6) is 0 Å². The molecule has 4 nitrogen and oxygen atoms in total. The number of hydrogen-bond donors (Lipinski definition) is 1. The van der Waals surface area contributed by atoms with E-state index in [2.05, 4.69) is 0 Å². The molecule has 0 bridgehead atoms. The molecule has 1 unspecified atom stereocenters. The van der Waals surface area contributed by atoms with E-state index >= 15 is 0 Å². The van der Waals surface area contributed by atoms with Crippen molar-refractivity contribution in [1.29, 1.82) is 0 Å². The monoisotopic (exact) mass is 201 g/mol. The van der Waals surface area contributed by atoms with Crippen LogP contribution >= 0.6 is 0 Å². The molecule has 0 saturated heterocycles. The van der Waals surface area contributed by atoms with E-state index in [-0.39, 0.29) is 5.91 Å². The molecule has 0 aromatic rings. The van der Waals surface area contributed by atoms with Gasteiger partial charge in [0.05, 0.1) is 0 Å². The van der Waals surface area contributed by atoms with Crippen LogP contribution < -0.4 is 0 Å². The molecule has 0 spiro atoms. The lowest BCUT2D eigenvalue weighted by atomic mass is 9.85. The molecule has 0 aromatic carbocycles. The fourth-order valence-electron chi connectivity index (χ4n) is 1.56. The van der Waals surface area contributed by atoms with Crippen molar-refractivity contribution in [2.45, 2.75) is 40.7 Å². The summed E-state index contributed by atoms with van der Waals surface area (Å²) in [5.74, 6) is -1.15. The van der Waals surface area contributed by atoms with Gasteiger partial charge in [0.15, 0.2) is 0 Å². The number of nitrogens with zero attached hydrogens (tertiary/aromatic N) is 1. The summed E-state index contributed by atoms with van der Waals surface area (Å²) < 4.78 is 0. The van der Waals surface area contributed by atoms with Gasteiger partial charge in [0, 0.05) is 13.5 Å². The Morgan fingerprint density at radius 3 is 1.86 bits per heavy atom. The van der Waals surface area contributed by atoms with Crippen LogP contribution in [-0.2, 0) is 9.59 Å². The van der Waals surface area contributed by atoms with Gasteiger partial charge in [-0.05, 0) is 12.3 Å². The Bertz CT molecular complexity index is 230. The van der Waals surface area contributed by atoms with E-state index in [1.54, 1.807) is 6.92 Å². The maximum absolute atomic E-state index is 11.2. The van der Waals surface area contributed by atoms with Gasteiger partial charge in [0.1, 0.15) is 6.04 Å². The summed E-state index contributed by atoms with van der Waals surface area (Å²) in [6, 6.07) is -0.759. The van der Waals surface area contributed by atoms with E-state index in [1.807, 2.05) is 20.8 Å². The second-order valence-electron chi connectivity index (χ2n) is 4.41. The van der Waals surface area contributed by atoms with Gasteiger partial charge < -0.3 is 10.0 Å². The minimum absolute atomic E-state index is 0.199. The predicted molar refractivity (Wildman–Crippen MR) is 53.9 cm³/mol. The molecule has 14 heavy (non-hydrogen) atoms. The lowest BCUT2D eigenvalue weighted by Crippen LogP contribution is -2.51. The van der Waals surface area contributed by atoms with Crippen LogP contribution in [0.3, 0.4) is 0 Å². The zero-order chi connectivity index (χ0) is 11.5. The van der Waals surface area contributed by atoms with Crippen LogP contribution in [0.15, 0.2) is 0 Å². The van der Waals surface area contributed by atoms with Crippen molar-refractivity contribution < 1.29 is 14.7 Å². The van der Waals surface area contributed by atoms with Crippen LogP contribution in [0, 0.1) is 5.41 Å². The third-order valence-electron chi connectivity index (χ3n) is 2.11. The van der Waals surface area contributed by atoms with Crippen molar-refractivity contribution in [2.24, 2.45) is 5.41 Å². The Balaban J connectivity index is 4.99. The first-order chi connectivity index (χ1) is 6.21. The Morgan fingerprint density at radius 1 is 1.36 bits per heavy atom. The highest BCUT2D eigenvalue weighted by atomic mass is 16.4. The van der Waals surface area contributed by atoms with E-state index in [4.69, 9.17) is 5.11 Å². The van der Waals surface area contributed by atoms with Gasteiger partial charge in [0.25, 0.3) is 0 Å². The van der Waals surface area contributed by atoms with Gasteiger partial charge >= 0.3 is 5.97 Å². The molecule has 4 heteroatoms. The highest BCUT2D eigenvalue weighted by Gasteiger charge is 2.36. The first-order valence-electron chi connectivity index (χ1n) is 4.71. The molecule has 0 aliphatic rings. The topological polar surface area (TPSA) is 57.6 Å². The molecule has 0 heterocycles. The van der Waals surface area contributed by atoms with Gasteiger partial charge in [-0.2, -0.15) is 0 Å². The number of aliphatic carboxylic acids is 1. The van der Waals surface area contributed by atoms with Crippen molar-refractivity contribution in [3.05, 3.63) is 0 Å². The van der Waals surface area contributed by atoms with Crippen molar-refractivity contribution >= 4 is 11.9 Å². The standard InChI is InChI=1S/C10H19NO3/c1-6-11(7(2)12)8(9(13)14)10(3,4)5/h8H,6H2,1-5H3,(H,13,14). The maximum atomic E-state index is 11.2. The lowest BCUT2D eigenvalue weighted by Gasteiger charge is -2.35. The van der Waals surface area contributed by atoms with E-state index in [9.17, 15) is 9.59 Å². The summed E-state index contributed by atoms with van der Waals surface area (Å²) in [5, 5.41) is 9.07. The van der Waals surface area contributed by atoms with Crippen LogP contribution in [0.2, 0.25) is 0 Å². The van der Waals surface area contributed by atoms with Crippen LogP contribution in [0.25, 0.3) is 0 Å². The molecule has 0 saturated carbocycles. The van der Waals surface area contributed by atoms with Gasteiger partial charge in [-0.3, -0.25) is 4.79 Å². The molecular formula is C10H19NO3. The smallest absolute Gasteiger partial charge is 0.326 e. The third-order valence-corrected chi connectivity index (χ3v) is 2.11. The summed E-state index contributed by atoms with van der Waals surface area (Å²) >= 11 is 0. The second kappa shape index (κ2) is 4.44. The second-order valence-corrected chi connectivity index (χ2v) is 4.41. The van der Waals surface area contributed by atoms with Crippen LogP contribution in [0.1, 0.15) is 34.6 Å². The first kappa shape index (κ1) is 12.9. The van der Waals surface area contributed by atoms with E-state index in [0.29, 0.717) is 6.54 Å². The van der Waals surface area contributed by atoms with Crippen LogP contribution in [0.4, 0.5) is 0 Å². The Labute approximate surface area is 84.9 Å². The average Bonchev–Trinajstić information content (AvgIpc) is 1.95. The molecular weight excluding hydrogens is 182 g/mol. The average molecular weight is 201 g/mol. The summed E-state index contributed by atoms with van der Waals surface area (Å²) in [6.45, 7) is 9.05. The minimum atomic E-state index is -0.949. The first-order valence-corrected chi connectivity index (χ1v) is 4.71. The number of amides is 1. The number of carbonyl (C=O) groups is 2. The molecule has 1 amide bonds. The van der Waals surface area contributed by atoms with E-state index in [0.717, 1.165) is 0 Å². The highest BCUT2D eigenvalue weighted by Crippen LogP contribution is 2.24. The fraction of sp³-hybridized carbons (Fsp3) is 0.800. The van der Waals surface area contributed by atoms with Gasteiger partial charge in [-0.25, -0.2) is 4.79 Å². The zero-order valence-corrected chi connectivity index (χ0v) is 9.50. The molecule has 82 valence electrons.